The average Bonchev–Trinajstić information content (AvgIpc) is 2.42. The van der Waals surface area contributed by atoms with E-state index in [2.05, 4.69) is 66.2 Å². The van der Waals surface area contributed by atoms with Gasteiger partial charge in [-0.05, 0) is 60.4 Å². The van der Waals surface area contributed by atoms with E-state index >= 15 is 0 Å². The summed E-state index contributed by atoms with van der Waals surface area (Å²) in [6.45, 7) is 4.25. The van der Waals surface area contributed by atoms with Crippen LogP contribution in [0.25, 0.3) is 0 Å². The quantitative estimate of drug-likeness (QED) is 0.795. The van der Waals surface area contributed by atoms with Gasteiger partial charge in [0.25, 0.3) is 0 Å². The van der Waals surface area contributed by atoms with Crippen LogP contribution in [-0.2, 0) is 0 Å². The lowest BCUT2D eigenvalue weighted by Gasteiger charge is -2.26. The monoisotopic (exact) mass is 343 g/mol. The summed E-state index contributed by atoms with van der Waals surface area (Å²) < 4.78 is 1.18. The molecule has 1 aliphatic carbocycles. The van der Waals surface area contributed by atoms with Crippen LogP contribution in [0.4, 0.5) is 0 Å². The van der Waals surface area contributed by atoms with Gasteiger partial charge in [-0.15, -0.1) is 0 Å². The van der Waals surface area contributed by atoms with Crippen LogP contribution in [0, 0.1) is 13.8 Å². The van der Waals surface area contributed by atoms with Gasteiger partial charge in [0.1, 0.15) is 0 Å². The molecule has 0 amide bonds. The third-order valence-corrected chi connectivity index (χ3v) is 5.92. The number of hydrogen-bond acceptors (Lipinski definition) is 1. The first-order chi connectivity index (χ1) is 10.1. The average molecular weight is 344 g/mol. The van der Waals surface area contributed by atoms with E-state index in [0.29, 0.717) is 0 Å². The molecule has 0 aromatic heterocycles. The van der Waals surface area contributed by atoms with Gasteiger partial charge in [-0.25, -0.2) is 0 Å². The summed E-state index contributed by atoms with van der Waals surface area (Å²) in [5, 5.41) is 0. The maximum atomic E-state index is 6.52. The first kappa shape index (κ1) is 14.8. The lowest BCUT2D eigenvalue weighted by Crippen LogP contribution is -2.14. The molecule has 1 saturated carbocycles. The van der Waals surface area contributed by atoms with Crippen LogP contribution in [0.5, 0.6) is 0 Å². The first-order valence-corrected chi connectivity index (χ1v) is 8.47. The Morgan fingerprint density at radius 3 is 2.29 bits per heavy atom. The van der Waals surface area contributed by atoms with Crippen molar-refractivity contribution >= 4 is 15.9 Å². The van der Waals surface area contributed by atoms with Gasteiger partial charge in [0.05, 0.1) is 6.04 Å². The third-order valence-electron chi connectivity index (χ3n) is 4.66. The molecule has 2 heteroatoms. The van der Waals surface area contributed by atoms with Gasteiger partial charge in [0, 0.05) is 4.47 Å². The summed E-state index contributed by atoms with van der Waals surface area (Å²) in [6.07, 6.45) is 4.02. The number of benzene rings is 2. The van der Waals surface area contributed by atoms with Gasteiger partial charge in [-0.3, -0.25) is 0 Å². The standard InChI is InChI=1S/C19H22BrN/c1-12-9-17(10-13(2)18(12)20)19(21)16-8-4-7-15(11-16)14-5-3-6-14/h4,7-11,14,19H,3,5-6,21H2,1-2H3. The molecule has 3 rings (SSSR count). The molecule has 2 aromatic rings. The molecule has 0 saturated heterocycles. The Morgan fingerprint density at radius 1 is 1.05 bits per heavy atom. The highest BCUT2D eigenvalue weighted by molar-refractivity contribution is 9.10. The van der Waals surface area contributed by atoms with Crippen LogP contribution in [0.1, 0.15) is 59.0 Å². The highest BCUT2D eigenvalue weighted by Gasteiger charge is 2.20. The van der Waals surface area contributed by atoms with E-state index in [1.807, 2.05) is 0 Å². The molecule has 0 bridgehead atoms. The lowest BCUT2D eigenvalue weighted by atomic mass is 9.79. The Balaban J connectivity index is 1.92. The van der Waals surface area contributed by atoms with Crippen molar-refractivity contribution in [1.82, 2.24) is 0 Å². The van der Waals surface area contributed by atoms with E-state index in [-0.39, 0.29) is 6.04 Å². The molecular weight excluding hydrogens is 322 g/mol. The van der Waals surface area contributed by atoms with E-state index in [1.54, 1.807) is 0 Å². The van der Waals surface area contributed by atoms with Crippen LogP contribution in [0.15, 0.2) is 40.9 Å². The maximum Gasteiger partial charge on any atom is 0.0551 e. The van der Waals surface area contributed by atoms with E-state index in [1.165, 1.54) is 51.6 Å². The molecule has 1 nitrogen and oxygen atoms in total. The number of halogens is 1. The highest BCUT2D eigenvalue weighted by atomic mass is 79.9. The second kappa shape index (κ2) is 5.94. The second-order valence-electron chi connectivity index (χ2n) is 6.24. The smallest absolute Gasteiger partial charge is 0.0551 e. The number of rotatable bonds is 3. The zero-order valence-electron chi connectivity index (χ0n) is 12.7. The minimum absolute atomic E-state index is 0.0458. The Kier molecular flexibility index (Phi) is 4.19. The zero-order valence-corrected chi connectivity index (χ0v) is 14.3. The normalized spacial score (nSPS) is 16.6. The van der Waals surface area contributed by atoms with Gasteiger partial charge < -0.3 is 5.73 Å². The molecule has 2 aromatic carbocycles. The van der Waals surface area contributed by atoms with Crippen LogP contribution in [0.3, 0.4) is 0 Å². The summed E-state index contributed by atoms with van der Waals surface area (Å²) in [4.78, 5) is 0. The fourth-order valence-electron chi connectivity index (χ4n) is 3.10. The summed E-state index contributed by atoms with van der Waals surface area (Å²) in [6, 6.07) is 13.2. The predicted octanol–water partition coefficient (Wildman–Crippen LogP) is 5.38. The molecule has 0 spiro atoms. The highest BCUT2D eigenvalue weighted by Crippen LogP contribution is 2.37. The number of aryl methyl sites for hydroxylation is 2. The molecule has 0 heterocycles. The number of nitrogens with two attached hydrogens (primary N) is 1. The first-order valence-electron chi connectivity index (χ1n) is 7.68. The Morgan fingerprint density at radius 2 is 1.71 bits per heavy atom. The van der Waals surface area contributed by atoms with Crippen LogP contribution >= 0.6 is 15.9 Å². The van der Waals surface area contributed by atoms with Crippen molar-refractivity contribution in [2.24, 2.45) is 5.73 Å². The van der Waals surface area contributed by atoms with Crippen molar-refractivity contribution in [2.45, 2.75) is 45.1 Å². The molecule has 110 valence electrons. The van der Waals surface area contributed by atoms with E-state index in [0.717, 1.165) is 5.92 Å². The maximum absolute atomic E-state index is 6.52. The van der Waals surface area contributed by atoms with E-state index in [4.69, 9.17) is 5.73 Å². The Bertz CT molecular complexity index is 635. The third kappa shape index (κ3) is 2.93. The molecular formula is C19H22BrN. The molecule has 0 aliphatic heterocycles. The van der Waals surface area contributed by atoms with E-state index < -0.39 is 0 Å². The summed E-state index contributed by atoms with van der Waals surface area (Å²) >= 11 is 3.63. The van der Waals surface area contributed by atoms with Crippen LogP contribution < -0.4 is 5.73 Å². The molecule has 1 aliphatic rings. The van der Waals surface area contributed by atoms with Crippen LogP contribution in [-0.4, -0.2) is 0 Å². The van der Waals surface area contributed by atoms with Crippen molar-refractivity contribution in [1.29, 1.82) is 0 Å². The summed E-state index contributed by atoms with van der Waals surface area (Å²) in [5.41, 5.74) is 12.9. The minimum Gasteiger partial charge on any atom is -0.320 e. The molecule has 0 radical (unpaired) electrons. The molecule has 2 N–H and O–H groups in total. The van der Waals surface area contributed by atoms with Gasteiger partial charge >= 0.3 is 0 Å². The number of hydrogen-bond donors (Lipinski definition) is 1. The van der Waals surface area contributed by atoms with Gasteiger partial charge in [0.15, 0.2) is 0 Å². The zero-order chi connectivity index (χ0) is 15.0. The van der Waals surface area contributed by atoms with Crippen LogP contribution in [0.2, 0.25) is 0 Å². The SMILES string of the molecule is Cc1cc(C(N)c2cccc(C3CCC3)c2)cc(C)c1Br. The van der Waals surface area contributed by atoms with Crippen molar-refractivity contribution in [3.05, 3.63) is 68.7 Å². The minimum atomic E-state index is -0.0458. The second-order valence-corrected chi connectivity index (χ2v) is 7.04. The molecule has 1 atom stereocenters. The molecule has 1 fully saturated rings. The Hall–Kier alpha value is -1.12. The summed E-state index contributed by atoms with van der Waals surface area (Å²) in [5.74, 6) is 0.755. The fourth-order valence-corrected chi connectivity index (χ4v) is 3.33. The molecule has 1 unspecified atom stereocenters. The summed E-state index contributed by atoms with van der Waals surface area (Å²) in [7, 11) is 0. The van der Waals surface area contributed by atoms with Gasteiger partial charge in [-0.2, -0.15) is 0 Å². The van der Waals surface area contributed by atoms with Crippen molar-refractivity contribution < 1.29 is 0 Å². The topological polar surface area (TPSA) is 26.0 Å². The predicted molar refractivity (Wildman–Crippen MR) is 92.7 cm³/mol. The van der Waals surface area contributed by atoms with Crippen molar-refractivity contribution in [2.75, 3.05) is 0 Å². The Labute approximate surface area is 135 Å². The van der Waals surface area contributed by atoms with Crippen molar-refractivity contribution in [3.63, 3.8) is 0 Å². The van der Waals surface area contributed by atoms with Gasteiger partial charge in [0.2, 0.25) is 0 Å². The lowest BCUT2D eigenvalue weighted by molar-refractivity contribution is 0.419. The van der Waals surface area contributed by atoms with Crippen molar-refractivity contribution in [3.8, 4) is 0 Å². The van der Waals surface area contributed by atoms with E-state index in [9.17, 15) is 0 Å². The largest absolute Gasteiger partial charge is 0.320 e. The molecule has 21 heavy (non-hydrogen) atoms. The van der Waals surface area contributed by atoms with Gasteiger partial charge in [-0.1, -0.05) is 58.7 Å². The fraction of sp³-hybridized carbons (Fsp3) is 0.368.